The molecule has 0 unspecified atom stereocenters. The van der Waals surface area contributed by atoms with E-state index in [1.807, 2.05) is 67.3 Å². The summed E-state index contributed by atoms with van der Waals surface area (Å²) in [5.74, 6) is 0. The number of rotatable bonds is 7. The lowest BCUT2D eigenvalue weighted by Crippen LogP contribution is -1.98. The molecule has 0 saturated heterocycles. The van der Waals surface area contributed by atoms with Gasteiger partial charge in [0.1, 0.15) is 0 Å². The second-order valence-electron chi connectivity index (χ2n) is 14.6. The van der Waals surface area contributed by atoms with E-state index in [1.54, 1.807) is 0 Å². The van der Waals surface area contributed by atoms with E-state index in [4.69, 9.17) is 9.97 Å². The van der Waals surface area contributed by atoms with E-state index in [9.17, 15) is 0 Å². The van der Waals surface area contributed by atoms with Crippen LogP contribution in [-0.2, 0) is 0 Å². The summed E-state index contributed by atoms with van der Waals surface area (Å²) in [6, 6.07) is 59.6. The third kappa shape index (κ3) is 6.41. The highest BCUT2D eigenvalue weighted by molar-refractivity contribution is 6.10. The molecule has 11 aromatic rings. The molecule has 286 valence electrons. The van der Waals surface area contributed by atoms with Crippen LogP contribution in [0.3, 0.4) is 0 Å². The zero-order chi connectivity index (χ0) is 40.4. The normalized spacial score (nSPS) is 11.2. The Balaban J connectivity index is 0.00000104. The quantitative estimate of drug-likeness (QED) is 0.151. The molecular formula is C54H40N6. The van der Waals surface area contributed by atoms with Gasteiger partial charge < -0.3 is 9.13 Å². The van der Waals surface area contributed by atoms with Crippen molar-refractivity contribution in [3.05, 3.63) is 207 Å². The third-order valence-corrected chi connectivity index (χ3v) is 11.0. The number of pyridine rings is 4. The highest BCUT2D eigenvalue weighted by Gasteiger charge is 2.19. The van der Waals surface area contributed by atoms with Gasteiger partial charge in [-0.15, -0.1) is 6.58 Å². The Morgan fingerprint density at radius 2 is 0.850 bits per heavy atom. The minimum absolute atomic E-state index is 0.950. The van der Waals surface area contributed by atoms with E-state index < -0.39 is 0 Å². The standard InChI is InChI=1S/C50H32N6.C4H8/c1-3-16-39(43-18-5-7-26-51-43)37(14-1)33-22-24-45-41(30-33)49-47(20-10-28-53-49)55(45)35-12-9-13-36(32-35)56-46-25-23-34(31-42(46)50-48(56)21-11-29-54-50)38-15-2-4-17-40(38)44-19-6-8-27-52-44;1-3-4-2/h1-32H;3H,1,4H2,2H3. The Morgan fingerprint density at radius 3 is 1.28 bits per heavy atom. The first-order valence-corrected chi connectivity index (χ1v) is 20.2. The monoisotopic (exact) mass is 772 g/mol. The highest BCUT2D eigenvalue weighted by Crippen LogP contribution is 2.39. The lowest BCUT2D eigenvalue weighted by molar-refractivity contribution is 1.13. The van der Waals surface area contributed by atoms with Crippen molar-refractivity contribution < 1.29 is 0 Å². The van der Waals surface area contributed by atoms with Crippen LogP contribution >= 0.6 is 0 Å². The number of benzene rings is 5. The molecule has 6 heterocycles. The van der Waals surface area contributed by atoms with E-state index in [2.05, 4.69) is 166 Å². The lowest BCUT2D eigenvalue weighted by atomic mass is 9.96. The summed E-state index contributed by atoms with van der Waals surface area (Å²) in [6.45, 7) is 5.54. The van der Waals surface area contributed by atoms with Gasteiger partial charge >= 0.3 is 0 Å². The molecule has 0 saturated carbocycles. The SMILES string of the molecule is C=CCC.c1ccc(-c2ccccc2-c2ccc3c(c2)c2ncccc2n3-c2cccc(-n3c4ccc(-c5ccccc5-c5ccccn5)cc4c4ncccc43)c2)nc1. The second kappa shape index (κ2) is 15.8. The minimum Gasteiger partial charge on any atom is -0.308 e. The van der Waals surface area contributed by atoms with Crippen LogP contribution < -0.4 is 0 Å². The third-order valence-electron chi connectivity index (χ3n) is 11.0. The van der Waals surface area contributed by atoms with Crippen molar-refractivity contribution in [2.75, 3.05) is 0 Å². The molecule has 0 aliphatic rings. The molecule has 5 aromatic carbocycles. The van der Waals surface area contributed by atoms with Crippen LogP contribution in [0.15, 0.2) is 207 Å². The Labute approximate surface area is 348 Å². The van der Waals surface area contributed by atoms with Crippen LogP contribution in [0, 0.1) is 0 Å². The molecule has 6 nitrogen and oxygen atoms in total. The molecular weight excluding hydrogens is 733 g/mol. The molecule has 0 radical (unpaired) electrons. The first kappa shape index (κ1) is 36.4. The van der Waals surface area contributed by atoms with Crippen molar-refractivity contribution in [3.8, 4) is 56.1 Å². The van der Waals surface area contributed by atoms with Crippen molar-refractivity contribution in [3.63, 3.8) is 0 Å². The molecule has 0 amide bonds. The molecule has 0 bridgehead atoms. The van der Waals surface area contributed by atoms with Gasteiger partial charge in [0.2, 0.25) is 0 Å². The predicted octanol–water partition coefficient (Wildman–Crippen LogP) is 13.7. The van der Waals surface area contributed by atoms with Crippen molar-refractivity contribution >= 4 is 43.9 Å². The second-order valence-corrected chi connectivity index (χ2v) is 14.6. The van der Waals surface area contributed by atoms with Gasteiger partial charge in [0.15, 0.2) is 0 Å². The van der Waals surface area contributed by atoms with E-state index in [0.717, 1.165) is 106 Å². The van der Waals surface area contributed by atoms with Gasteiger partial charge in [-0.1, -0.05) is 91.9 Å². The van der Waals surface area contributed by atoms with Gasteiger partial charge in [-0.3, -0.25) is 19.9 Å². The van der Waals surface area contributed by atoms with E-state index in [0.29, 0.717) is 0 Å². The Hall–Kier alpha value is -7.96. The van der Waals surface area contributed by atoms with Gasteiger partial charge in [0.25, 0.3) is 0 Å². The van der Waals surface area contributed by atoms with Crippen molar-refractivity contribution in [1.82, 2.24) is 29.1 Å². The zero-order valence-electron chi connectivity index (χ0n) is 33.2. The average Bonchev–Trinajstić information content (AvgIpc) is 3.84. The fraction of sp³-hybridized carbons (Fsp3) is 0.0370. The maximum absolute atomic E-state index is 4.93. The van der Waals surface area contributed by atoms with Gasteiger partial charge in [-0.2, -0.15) is 0 Å². The smallest absolute Gasteiger partial charge is 0.0963 e. The van der Waals surface area contributed by atoms with E-state index >= 15 is 0 Å². The van der Waals surface area contributed by atoms with Gasteiger partial charge in [-0.25, -0.2) is 0 Å². The number of aromatic nitrogens is 6. The number of hydrogen-bond acceptors (Lipinski definition) is 4. The number of allylic oxidation sites excluding steroid dienone is 1. The summed E-state index contributed by atoms with van der Waals surface area (Å²) in [5, 5.41) is 2.19. The molecule has 0 aliphatic carbocycles. The Kier molecular flexibility index (Phi) is 9.56. The van der Waals surface area contributed by atoms with Crippen molar-refractivity contribution in [2.45, 2.75) is 13.3 Å². The molecule has 0 atom stereocenters. The van der Waals surface area contributed by atoms with Crippen molar-refractivity contribution in [1.29, 1.82) is 0 Å². The average molecular weight is 773 g/mol. The van der Waals surface area contributed by atoms with Crippen LogP contribution in [0.2, 0.25) is 0 Å². The number of hydrogen-bond donors (Lipinski definition) is 0. The lowest BCUT2D eigenvalue weighted by Gasteiger charge is -2.13. The predicted molar refractivity (Wildman–Crippen MR) is 249 cm³/mol. The van der Waals surface area contributed by atoms with Crippen molar-refractivity contribution in [2.24, 2.45) is 0 Å². The molecule has 60 heavy (non-hydrogen) atoms. The summed E-state index contributed by atoms with van der Waals surface area (Å²) < 4.78 is 4.66. The van der Waals surface area contributed by atoms with Gasteiger partial charge in [0.05, 0.1) is 44.5 Å². The largest absolute Gasteiger partial charge is 0.308 e. The molecule has 0 fully saturated rings. The first-order valence-electron chi connectivity index (χ1n) is 20.2. The molecule has 11 rings (SSSR count). The molecule has 0 aliphatic heterocycles. The first-order chi connectivity index (χ1) is 29.7. The van der Waals surface area contributed by atoms with E-state index in [1.165, 1.54) is 0 Å². The summed E-state index contributed by atoms with van der Waals surface area (Å²) in [5.41, 5.74) is 16.9. The van der Waals surface area contributed by atoms with Gasteiger partial charge in [-0.05, 0) is 120 Å². The summed E-state index contributed by atoms with van der Waals surface area (Å²) in [4.78, 5) is 19.2. The molecule has 6 heteroatoms. The van der Waals surface area contributed by atoms with Gasteiger partial charge in [0, 0.05) is 58.1 Å². The number of fused-ring (bicyclic) bond motifs is 6. The van der Waals surface area contributed by atoms with Crippen LogP contribution in [0.4, 0.5) is 0 Å². The van der Waals surface area contributed by atoms with Crippen LogP contribution in [0.25, 0.3) is 100 Å². The van der Waals surface area contributed by atoms with Crippen LogP contribution in [-0.4, -0.2) is 29.1 Å². The fourth-order valence-electron chi connectivity index (χ4n) is 8.29. The van der Waals surface area contributed by atoms with Crippen LogP contribution in [0.5, 0.6) is 0 Å². The summed E-state index contributed by atoms with van der Waals surface area (Å²) in [7, 11) is 0. The maximum Gasteiger partial charge on any atom is 0.0963 e. The highest BCUT2D eigenvalue weighted by atomic mass is 15.0. The summed E-state index contributed by atoms with van der Waals surface area (Å²) >= 11 is 0. The maximum atomic E-state index is 4.93. The fourth-order valence-corrected chi connectivity index (χ4v) is 8.29. The van der Waals surface area contributed by atoms with E-state index in [-0.39, 0.29) is 0 Å². The number of nitrogens with zero attached hydrogens (tertiary/aromatic N) is 6. The minimum atomic E-state index is 0.950. The Bertz CT molecular complexity index is 3110. The molecule has 6 aromatic heterocycles. The molecule has 0 spiro atoms. The topological polar surface area (TPSA) is 61.4 Å². The van der Waals surface area contributed by atoms with Crippen LogP contribution in [0.1, 0.15) is 13.3 Å². The summed E-state index contributed by atoms with van der Waals surface area (Å²) in [6.07, 6.45) is 10.4. The molecule has 0 N–H and O–H groups in total. The zero-order valence-corrected chi connectivity index (χ0v) is 33.2. The Morgan fingerprint density at radius 1 is 0.417 bits per heavy atom.